The van der Waals surface area contributed by atoms with Crippen LogP contribution in [0.2, 0.25) is 0 Å². The fourth-order valence-electron chi connectivity index (χ4n) is 8.16. The Balaban J connectivity index is 1.24. The highest BCUT2D eigenvalue weighted by atomic mass is 15.2. The molecule has 0 radical (unpaired) electrons. The van der Waals surface area contributed by atoms with Crippen molar-refractivity contribution in [3.63, 3.8) is 0 Å². The van der Waals surface area contributed by atoms with E-state index in [0.29, 0.717) is 0 Å². The third-order valence-electron chi connectivity index (χ3n) is 10.7. The average molecular weight is 745 g/mol. The third-order valence-corrected chi connectivity index (χ3v) is 10.7. The first-order chi connectivity index (χ1) is 28.8. The van der Waals surface area contributed by atoms with Crippen LogP contribution < -0.4 is 14.7 Å². The number of hydrogen-bond donors (Lipinski definition) is 0. The lowest BCUT2D eigenvalue weighted by molar-refractivity contribution is 1.14. The second kappa shape index (κ2) is 15.4. The summed E-state index contributed by atoms with van der Waals surface area (Å²) in [6, 6.07) is 86.4. The van der Waals surface area contributed by atoms with E-state index in [1.807, 2.05) is 0 Å². The standard InChI is InChI=1S/C54H40N4/c1-7-21-41(22-8-1)55(42-23-9-2-10-24-42)47-35-37-52-50(39-47)49-33-19-20-34-51(49)58(52)53-38-36-48(56(43-25-11-3-12-26-43)44-27-13-4-14-28-44)40-54(53)57(45-29-15-5-16-30-45)46-31-17-6-18-32-46/h1-40H. The monoisotopic (exact) mass is 744 g/mol. The van der Waals surface area contributed by atoms with Gasteiger partial charge in [-0.25, -0.2) is 0 Å². The Hall–Kier alpha value is -7.82. The van der Waals surface area contributed by atoms with Crippen LogP contribution in [-0.4, -0.2) is 4.57 Å². The molecule has 4 nitrogen and oxygen atoms in total. The Morgan fingerprint density at radius 1 is 0.241 bits per heavy atom. The SMILES string of the molecule is c1ccc(N(c2ccccc2)c2ccc(-n3c4ccccc4c4cc(N(c5ccccc5)c5ccccc5)ccc43)c(N(c3ccccc3)c3ccccc3)c2)cc1. The third kappa shape index (κ3) is 6.43. The van der Waals surface area contributed by atoms with Crippen molar-refractivity contribution in [3.05, 3.63) is 243 Å². The van der Waals surface area contributed by atoms with Crippen molar-refractivity contribution in [1.29, 1.82) is 0 Å². The van der Waals surface area contributed by atoms with Gasteiger partial charge >= 0.3 is 0 Å². The van der Waals surface area contributed by atoms with Crippen molar-refractivity contribution in [3.8, 4) is 5.69 Å². The van der Waals surface area contributed by atoms with Crippen molar-refractivity contribution in [2.24, 2.45) is 0 Å². The summed E-state index contributed by atoms with van der Waals surface area (Å²) in [5.74, 6) is 0. The molecule has 10 rings (SSSR count). The quantitative estimate of drug-likeness (QED) is 0.139. The van der Waals surface area contributed by atoms with E-state index in [1.165, 1.54) is 10.8 Å². The van der Waals surface area contributed by atoms with Gasteiger partial charge in [-0.2, -0.15) is 0 Å². The zero-order valence-electron chi connectivity index (χ0n) is 31.9. The van der Waals surface area contributed by atoms with Gasteiger partial charge in [0.05, 0.1) is 22.4 Å². The molecule has 0 saturated heterocycles. The fourth-order valence-corrected chi connectivity index (χ4v) is 8.16. The van der Waals surface area contributed by atoms with E-state index in [2.05, 4.69) is 262 Å². The van der Waals surface area contributed by atoms with Gasteiger partial charge in [0.15, 0.2) is 0 Å². The number of benzene rings is 9. The molecular formula is C54H40N4. The van der Waals surface area contributed by atoms with Crippen LogP contribution in [0.4, 0.5) is 51.2 Å². The predicted molar refractivity (Wildman–Crippen MR) is 245 cm³/mol. The van der Waals surface area contributed by atoms with Crippen LogP contribution >= 0.6 is 0 Å². The van der Waals surface area contributed by atoms with Gasteiger partial charge < -0.3 is 19.3 Å². The van der Waals surface area contributed by atoms with Crippen LogP contribution in [0.5, 0.6) is 0 Å². The highest BCUT2D eigenvalue weighted by Crippen LogP contribution is 2.46. The molecule has 0 aliphatic rings. The summed E-state index contributed by atoms with van der Waals surface area (Å²) >= 11 is 0. The first kappa shape index (κ1) is 34.7. The Kier molecular flexibility index (Phi) is 9.18. The topological polar surface area (TPSA) is 14.7 Å². The molecule has 0 amide bonds. The largest absolute Gasteiger partial charge is 0.310 e. The van der Waals surface area contributed by atoms with Crippen molar-refractivity contribution in [2.75, 3.05) is 14.7 Å². The summed E-state index contributed by atoms with van der Waals surface area (Å²) in [4.78, 5) is 7.05. The number of anilines is 9. The lowest BCUT2D eigenvalue weighted by Crippen LogP contribution is -2.15. The summed E-state index contributed by atoms with van der Waals surface area (Å²) in [7, 11) is 0. The Morgan fingerprint density at radius 2 is 0.586 bits per heavy atom. The summed E-state index contributed by atoms with van der Waals surface area (Å²) < 4.78 is 2.44. The number of rotatable bonds is 10. The molecule has 276 valence electrons. The van der Waals surface area contributed by atoms with Gasteiger partial charge in [-0.15, -0.1) is 0 Å². The molecule has 1 heterocycles. The maximum Gasteiger partial charge on any atom is 0.0723 e. The molecule has 58 heavy (non-hydrogen) atoms. The zero-order chi connectivity index (χ0) is 38.7. The Labute approximate surface area is 339 Å². The highest BCUT2D eigenvalue weighted by molar-refractivity contribution is 6.11. The number of nitrogens with zero attached hydrogens (tertiary/aromatic N) is 4. The van der Waals surface area contributed by atoms with Crippen LogP contribution in [0.3, 0.4) is 0 Å². The maximum absolute atomic E-state index is 2.44. The molecule has 0 unspecified atom stereocenters. The highest BCUT2D eigenvalue weighted by Gasteiger charge is 2.24. The van der Waals surface area contributed by atoms with E-state index < -0.39 is 0 Å². The van der Waals surface area contributed by atoms with E-state index >= 15 is 0 Å². The number of aromatic nitrogens is 1. The maximum atomic E-state index is 2.44. The molecule has 9 aromatic carbocycles. The van der Waals surface area contributed by atoms with Gasteiger partial charge in [-0.05, 0) is 115 Å². The van der Waals surface area contributed by atoms with Gasteiger partial charge in [0.2, 0.25) is 0 Å². The predicted octanol–water partition coefficient (Wildman–Crippen LogP) is 15.2. The number of hydrogen-bond acceptors (Lipinski definition) is 3. The second-order valence-electron chi connectivity index (χ2n) is 14.2. The molecule has 0 fully saturated rings. The van der Waals surface area contributed by atoms with Gasteiger partial charge in [-0.1, -0.05) is 127 Å². The van der Waals surface area contributed by atoms with Crippen LogP contribution in [-0.2, 0) is 0 Å². The molecular weight excluding hydrogens is 705 g/mol. The van der Waals surface area contributed by atoms with Crippen molar-refractivity contribution in [1.82, 2.24) is 4.57 Å². The lowest BCUT2D eigenvalue weighted by atomic mass is 10.1. The molecule has 0 aliphatic carbocycles. The summed E-state index contributed by atoms with van der Waals surface area (Å²) in [5.41, 5.74) is 13.1. The van der Waals surface area contributed by atoms with Crippen molar-refractivity contribution >= 4 is 73.0 Å². The van der Waals surface area contributed by atoms with Gasteiger partial charge in [-0.3, -0.25) is 0 Å². The van der Waals surface area contributed by atoms with E-state index in [4.69, 9.17) is 0 Å². The van der Waals surface area contributed by atoms with Crippen LogP contribution in [0, 0.1) is 0 Å². The molecule has 0 N–H and O–H groups in total. The molecule has 10 aromatic rings. The number of fused-ring (bicyclic) bond motifs is 3. The Morgan fingerprint density at radius 3 is 1.03 bits per heavy atom. The van der Waals surface area contributed by atoms with Gasteiger partial charge in [0, 0.05) is 56.3 Å². The van der Waals surface area contributed by atoms with Crippen molar-refractivity contribution < 1.29 is 0 Å². The van der Waals surface area contributed by atoms with E-state index in [9.17, 15) is 0 Å². The summed E-state index contributed by atoms with van der Waals surface area (Å²) in [6.45, 7) is 0. The molecule has 0 spiro atoms. The van der Waals surface area contributed by atoms with Gasteiger partial charge in [0.25, 0.3) is 0 Å². The molecule has 0 atom stereocenters. The minimum absolute atomic E-state index is 1.05. The first-order valence-corrected chi connectivity index (χ1v) is 19.7. The van der Waals surface area contributed by atoms with Crippen LogP contribution in [0.15, 0.2) is 243 Å². The van der Waals surface area contributed by atoms with E-state index in [1.54, 1.807) is 0 Å². The zero-order valence-corrected chi connectivity index (χ0v) is 31.9. The van der Waals surface area contributed by atoms with Crippen LogP contribution in [0.1, 0.15) is 0 Å². The minimum Gasteiger partial charge on any atom is -0.310 e. The first-order valence-electron chi connectivity index (χ1n) is 19.7. The smallest absolute Gasteiger partial charge is 0.0723 e. The normalized spacial score (nSPS) is 11.1. The van der Waals surface area contributed by atoms with Crippen molar-refractivity contribution in [2.45, 2.75) is 0 Å². The lowest BCUT2D eigenvalue weighted by Gasteiger charge is -2.31. The molecule has 4 heteroatoms. The van der Waals surface area contributed by atoms with Gasteiger partial charge in [0.1, 0.15) is 0 Å². The van der Waals surface area contributed by atoms with E-state index in [-0.39, 0.29) is 0 Å². The second-order valence-corrected chi connectivity index (χ2v) is 14.2. The summed E-state index contributed by atoms with van der Waals surface area (Å²) in [5, 5.41) is 2.37. The fraction of sp³-hybridized carbons (Fsp3) is 0. The molecule has 0 bridgehead atoms. The Bertz CT molecular complexity index is 2810. The average Bonchev–Trinajstić information content (AvgIpc) is 3.62. The molecule has 0 aliphatic heterocycles. The summed E-state index contributed by atoms with van der Waals surface area (Å²) in [6.07, 6.45) is 0. The van der Waals surface area contributed by atoms with Crippen LogP contribution in [0.25, 0.3) is 27.5 Å². The molecule has 0 saturated carbocycles. The number of para-hydroxylation sites is 7. The van der Waals surface area contributed by atoms with E-state index in [0.717, 1.165) is 67.9 Å². The minimum atomic E-state index is 1.05. The molecule has 1 aromatic heterocycles.